The van der Waals surface area contributed by atoms with Gasteiger partial charge in [-0.15, -0.1) is 0 Å². The van der Waals surface area contributed by atoms with Crippen molar-refractivity contribution in [3.05, 3.63) is 270 Å². The van der Waals surface area contributed by atoms with Gasteiger partial charge < -0.3 is 4.90 Å². The molecule has 3 aliphatic rings. The number of anilines is 3. The summed E-state index contributed by atoms with van der Waals surface area (Å²) in [5.41, 5.74) is 26.8. The standard InChI is InChI=1S/C66H49N/c1-65(2)60-24-11-7-19-54(60)57-21-14-22-58(64(57)65)56-20-9-13-26-63(56)67(52-39-40-55-53-18-8-12-25-61(53)66(62(55)43-52)42-41-50-17-6-10-23-59(50)66)51-37-35-49(36-38-51)48-33-31-47(32-34-48)46-29-27-45(28-30-46)44-15-4-3-5-16-44/h3-40,43H,41-42H2,1-2H3. The molecule has 0 aliphatic heterocycles. The normalized spacial score (nSPS) is 15.7. The zero-order valence-corrected chi connectivity index (χ0v) is 37.9. The highest BCUT2D eigenvalue weighted by molar-refractivity contribution is 5.96. The molecule has 318 valence electrons. The Morgan fingerprint density at radius 2 is 0.776 bits per heavy atom. The lowest BCUT2D eigenvalue weighted by Crippen LogP contribution is -2.24. The van der Waals surface area contributed by atoms with Gasteiger partial charge in [-0.1, -0.05) is 220 Å². The Morgan fingerprint density at radius 1 is 0.328 bits per heavy atom. The van der Waals surface area contributed by atoms with Crippen molar-refractivity contribution in [1.82, 2.24) is 0 Å². The molecule has 0 bridgehead atoms. The number of para-hydroxylation sites is 1. The molecule has 10 aromatic rings. The minimum atomic E-state index is -0.195. The number of nitrogens with zero attached hydrogens (tertiary/aromatic N) is 1. The number of hydrogen-bond donors (Lipinski definition) is 0. The predicted molar refractivity (Wildman–Crippen MR) is 281 cm³/mol. The fraction of sp³-hybridized carbons (Fsp3) is 0.0909. The van der Waals surface area contributed by atoms with Gasteiger partial charge in [0.1, 0.15) is 0 Å². The average Bonchev–Trinajstić information content (AvgIpc) is 4.00. The van der Waals surface area contributed by atoms with Crippen LogP contribution in [0.3, 0.4) is 0 Å². The zero-order chi connectivity index (χ0) is 44.7. The van der Waals surface area contributed by atoms with Gasteiger partial charge >= 0.3 is 0 Å². The Bertz CT molecular complexity index is 3520. The van der Waals surface area contributed by atoms with E-state index in [0.29, 0.717) is 0 Å². The lowest BCUT2D eigenvalue weighted by molar-refractivity contribution is 0.626. The summed E-state index contributed by atoms with van der Waals surface area (Å²) < 4.78 is 0. The lowest BCUT2D eigenvalue weighted by Gasteiger charge is -2.32. The quantitative estimate of drug-likeness (QED) is 0.154. The van der Waals surface area contributed by atoms with E-state index < -0.39 is 0 Å². The minimum absolute atomic E-state index is 0.162. The third-order valence-electron chi connectivity index (χ3n) is 15.3. The van der Waals surface area contributed by atoms with E-state index in [1.54, 1.807) is 0 Å². The zero-order valence-electron chi connectivity index (χ0n) is 37.9. The molecule has 1 unspecified atom stereocenters. The smallest absolute Gasteiger partial charge is 0.0540 e. The predicted octanol–water partition coefficient (Wildman–Crippen LogP) is 17.4. The Kier molecular flexibility index (Phi) is 8.99. The summed E-state index contributed by atoms with van der Waals surface area (Å²) in [5, 5.41) is 0. The molecule has 0 fully saturated rings. The van der Waals surface area contributed by atoms with Crippen molar-refractivity contribution < 1.29 is 0 Å². The van der Waals surface area contributed by atoms with Gasteiger partial charge in [-0.3, -0.25) is 0 Å². The van der Waals surface area contributed by atoms with Crippen molar-refractivity contribution in [2.24, 2.45) is 0 Å². The van der Waals surface area contributed by atoms with Crippen molar-refractivity contribution >= 4 is 17.1 Å². The van der Waals surface area contributed by atoms with Crippen LogP contribution in [0.25, 0.3) is 66.8 Å². The third-order valence-corrected chi connectivity index (χ3v) is 15.3. The Balaban J connectivity index is 0.939. The summed E-state index contributed by atoms with van der Waals surface area (Å²) in [4.78, 5) is 2.52. The van der Waals surface area contributed by atoms with Crippen LogP contribution in [-0.4, -0.2) is 0 Å². The van der Waals surface area contributed by atoms with E-state index in [4.69, 9.17) is 0 Å². The van der Waals surface area contributed by atoms with Crippen LogP contribution in [0, 0.1) is 0 Å². The second-order valence-electron chi connectivity index (χ2n) is 19.2. The van der Waals surface area contributed by atoms with Crippen molar-refractivity contribution in [2.45, 2.75) is 37.5 Å². The van der Waals surface area contributed by atoms with E-state index in [1.165, 1.54) is 100 Å². The molecule has 0 N–H and O–H groups in total. The summed E-state index contributed by atoms with van der Waals surface area (Å²) >= 11 is 0. The van der Waals surface area contributed by atoms with Crippen LogP contribution in [0.2, 0.25) is 0 Å². The first-order valence-corrected chi connectivity index (χ1v) is 23.8. The van der Waals surface area contributed by atoms with Gasteiger partial charge in [0.05, 0.1) is 5.69 Å². The van der Waals surface area contributed by atoms with Gasteiger partial charge in [-0.05, 0) is 138 Å². The monoisotopic (exact) mass is 855 g/mol. The van der Waals surface area contributed by atoms with Crippen LogP contribution < -0.4 is 4.90 Å². The molecule has 1 spiro atoms. The van der Waals surface area contributed by atoms with Crippen LogP contribution >= 0.6 is 0 Å². The first-order valence-electron chi connectivity index (χ1n) is 23.8. The van der Waals surface area contributed by atoms with E-state index in [2.05, 4.69) is 255 Å². The molecule has 1 atom stereocenters. The third kappa shape index (κ3) is 6.08. The molecule has 1 nitrogen and oxygen atoms in total. The molecular formula is C66H49N. The van der Waals surface area contributed by atoms with E-state index >= 15 is 0 Å². The number of fused-ring (bicyclic) bond motifs is 10. The van der Waals surface area contributed by atoms with Crippen LogP contribution in [0.5, 0.6) is 0 Å². The summed E-state index contributed by atoms with van der Waals surface area (Å²) in [5.74, 6) is 0. The molecule has 67 heavy (non-hydrogen) atoms. The molecule has 13 rings (SSSR count). The van der Waals surface area contributed by atoms with Gasteiger partial charge in [0, 0.05) is 27.8 Å². The van der Waals surface area contributed by atoms with Crippen molar-refractivity contribution in [3.63, 3.8) is 0 Å². The van der Waals surface area contributed by atoms with Gasteiger partial charge in [-0.2, -0.15) is 0 Å². The largest absolute Gasteiger partial charge is 0.310 e. The topological polar surface area (TPSA) is 3.24 Å². The number of aryl methyl sites for hydroxylation is 1. The van der Waals surface area contributed by atoms with Crippen molar-refractivity contribution in [3.8, 4) is 66.8 Å². The maximum atomic E-state index is 2.53. The van der Waals surface area contributed by atoms with Gasteiger partial charge in [-0.25, -0.2) is 0 Å². The fourth-order valence-electron chi connectivity index (χ4n) is 12.2. The molecule has 10 aromatic carbocycles. The van der Waals surface area contributed by atoms with Gasteiger partial charge in [0.15, 0.2) is 0 Å². The molecule has 0 aromatic heterocycles. The summed E-state index contributed by atoms with van der Waals surface area (Å²) in [7, 11) is 0. The average molecular weight is 856 g/mol. The molecule has 1 heteroatoms. The number of benzene rings is 10. The van der Waals surface area contributed by atoms with Crippen LogP contribution in [0.15, 0.2) is 237 Å². The fourth-order valence-corrected chi connectivity index (χ4v) is 12.2. The maximum absolute atomic E-state index is 2.53. The highest BCUT2D eigenvalue weighted by Crippen LogP contribution is 2.60. The van der Waals surface area contributed by atoms with E-state index in [0.717, 1.165) is 29.9 Å². The minimum Gasteiger partial charge on any atom is -0.310 e. The molecule has 0 amide bonds. The maximum Gasteiger partial charge on any atom is 0.0540 e. The van der Waals surface area contributed by atoms with Crippen molar-refractivity contribution in [2.75, 3.05) is 4.90 Å². The van der Waals surface area contributed by atoms with Crippen LogP contribution in [-0.2, 0) is 17.3 Å². The van der Waals surface area contributed by atoms with Crippen LogP contribution in [0.4, 0.5) is 17.1 Å². The van der Waals surface area contributed by atoms with Crippen molar-refractivity contribution in [1.29, 1.82) is 0 Å². The van der Waals surface area contributed by atoms with E-state index in [9.17, 15) is 0 Å². The molecule has 3 aliphatic carbocycles. The molecular weight excluding hydrogens is 807 g/mol. The lowest BCUT2D eigenvalue weighted by atomic mass is 9.73. The Hall–Kier alpha value is -8.00. The first kappa shape index (κ1) is 39.4. The molecule has 0 saturated carbocycles. The first-order chi connectivity index (χ1) is 33.0. The van der Waals surface area contributed by atoms with Gasteiger partial charge in [0.2, 0.25) is 0 Å². The Morgan fingerprint density at radius 3 is 1.43 bits per heavy atom. The Labute approximate surface area is 394 Å². The molecule has 0 heterocycles. The van der Waals surface area contributed by atoms with E-state index in [-0.39, 0.29) is 10.8 Å². The summed E-state index contributed by atoms with van der Waals surface area (Å²) in [6, 6.07) is 88.3. The molecule has 0 radical (unpaired) electrons. The summed E-state index contributed by atoms with van der Waals surface area (Å²) in [6.07, 6.45) is 2.13. The van der Waals surface area contributed by atoms with Crippen LogP contribution in [0.1, 0.15) is 53.6 Å². The highest BCUT2D eigenvalue weighted by Gasteiger charge is 2.48. The molecule has 0 saturated heterocycles. The van der Waals surface area contributed by atoms with Gasteiger partial charge in [0.25, 0.3) is 0 Å². The van der Waals surface area contributed by atoms with E-state index in [1.807, 2.05) is 0 Å². The number of rotatable bonds is 7. The number of hydrogen-bond acceptors (Lipinski definition) is 1. The second kappa shape index (κ2) is 15.3. The summed E-state index contributed by atoms with van der Waals surface area (Å²) in [6.45, 7) is 4.79. The SMILES string of the molecule is CC1(C)c2ccccc2-c2cccc(-c3ccccc3N(c3ccc(-c4ccc(-c5ccc(-c6ccccc6)cc5)cc4)cc3)c3ccc4c(c3)C3(CCc5ccccc53)c3ccccc3-4)c21. The highest BCUT2D eigenvalue weighted by atomic mass is 15.1. The second-order valence-corrected chi connectivity index (χ2v) is 19.2.